The van der Waals surface area contributed by atoms with Gasteiger partial charge in [-0.1, -0.05) is 0 Å². The van der Waals surface area contributed by atoms with Gasteiger partial charge in [-0.25, -0.2) is 0 Å². The number of rotatable bonds is 3. The molecule has 0 aromatic carbocycles. The second-order valence-corrected chi connectivity index (χ2v) is 6.26. The Morgan fingerprint density at radius 1 is 1.33 bits per heavy atom. The molecular formula is C14H25N3O7. The number of nitrogens with zero attached hydrogens (tertiary/aromatic N) is 1. The zero-order valence-corrected chi connectivity index (χ0v) is 13.6. The zero-order chi connectivity index (χ0) is 18.2. The summed E-state index contributed by atoms with van der Waals surface area (Å²) in [4.78, 5) is 25.6. The van der Waals surface area contributed by atoms with E-state index in [1.54, 1.807) is 0 Å². The highest BCUT2D eigenvalue weighted by molar-refractivity contribution is 5.89. The Balaban J connectivity index is 2.54. The molecule has 2 aliphatic rings. The number of amides is 2. The average molecular weight is 347 g/mol. The molecule has 138 valence electrons. The van der Waals surface area contributed by atoms with Crippen LogP contribution in [-0.2, 0) is 14.3 Å². The van der Waals surface area contributed by atoms with Crippen LogP contribution in [0.2, 0.25) is 0 Å². The van der Waals surface area contributed by atoms with E-state index < -0.39 is 60.5 Å². The summed E-state index contributed by atoms with van der Waals surface area (Å²) in [5.74, 6) is -1.10. The Hall–Kier alpha value is -1.30. The van der Waals surface area contributed by atoms with Crippen LogP contribution in [0.25, 0.3) is 0 Å². The molecule has 0 aliphatic carbocycles. The molecule has 0 bridgehead atoms. The van der Waals surface area contributed by atoms with Crippen LogP contribution in [0.4, 0.5) is 0 Å². The molecule has 24 heavy (non-hydrogen) atoms. The zero-order valence-electron chi connectivity index (χ0n) is 13.6. The third kappa shape index (κ3) is 2.68. The number of carbonyl (C=O) groups is 2. The van der Waals surface area contributed by atoms with Crippen LogP contribution in [0.3, 0.4) is 0 Å². The summed E-state index contributed by atoms with van der Waals surface area (Å²) < 4.78 is 5.78. The van der Waals surface area contributed by atoms with Crippen molar-refractivity contribution in [3.63, 3.8) is 0 Å². The molecule has 2 heterocycles. The molecule has 2 rings (SSSR count). The van der Waals surface area contributed by atoms with Crippen molar-refractivity contribution >= 4 is 11.8 Å². The van der Waals surface area contributed by atoms with Gasteiger partial charge in [0.2, 0.25) is 11.8 Å². The van der Waals surface area contributed by atoms with E-state index >= 15 is 0 Å². The first-order chi connectivity index (χ1) is 11.2. The molecule has 2 saturated heterocycles. The van der Waals surface area contributed by atoms with Gasteiger partial charge in [0.25, 0.3) is 0 Å². The van der Waals surface area contributed by atoms with Gasteiger partial charge in [0, 0.05) is 26.9 Å². The summed E-state index contributed by atoms with van der Waals surface area (Å²) >= 11 is 0. The largest absolute Gasteiger partial charge is 0.394 e. The summed E-state index contributed by atoms with van der Waals surface area (Å²) in [7, 11) is 1.36. The monoisotopic (exact) mass is 347 g/mol. The molecule has 0 aromatic heterocycles. The number of nitrogens with two attached hydrogens (primary N) is 1. The molecule has 10 nitrogen and oxygen atoms in total. The van der Waals surface area contributed by atoms with Crippen molar-refractivity contribution in [2.45, 2.75) is 55.4 Å². The van der Waals surface area contributed by atoms with Crippen LogP contribution in [-0.4, -0.2) is 99.4 Å². The highest BCUT2D eigenvalue weighted by atomic mass is 16.6. The molecule has 0 saturated carbocycles. The van der Waals surface area contributed by atoms with Crippen molar-refractivity contribution in [1.82, 2.24) is 10.2 Å². The highest BCUT2D eigenvalue weighted by Crippen LogP contribution is 2.44. The minimum Gasteiger partial charge on any atom is -0.394 e. The summed E-state index contributed by atoms with van der Waals surface area (Å²) in [6.07, 6.45) is -5.79. The minimum atomic E-state index is -1.68. The number of ether oxygens (including phenoxy) is 1. The number of likely N-dealkylation sites (tertiary alicyclic amines) is 1. The number of hydrogen-bond donors (Lipinski definition) is 6. The van der Waals surface area contributed by atoms with Gasteiger partial charge < -0.3 is 41.1 Å². The fraction of sp³-hybridized carbons (Fsp3) is 0.857. The molecule has 2 fully saturated rings. The molecular weight excluding hydrogens is 322 g/mol. The van der Waals surface area contributed by atoms with Gasteiger partial charge in [-0.05, 0) is 0 Å². The quantitative estimate of drug-likeness (QED) is 0.300. The first-order valence-electron chi connectivity index (χ1n) is 7.78. The predicted octanol–water partition coefficient (Wildman–Crippen LogP) is -4.11. The lowest BCUT2D eigenvalue weighted by Gasteiger charge is -2.49. The van der Waals surface area contributed by atoms with E-state index in [4.69, 9.17) is 10.5 Å². The van der Waals surface area contributed by atoms with E-state index in [1.165, 1.54) is 14.0 Å². The lowest BCUT2D eigenvalue weighted by atomic mass is 9.78. The molecule has 1 unspecified atom stereocenters. The number of hydrogen-bond acceptors (Lipinski definition) is 8. The van der Waals surface area contributed by atoms with Crippen LogP contribution < -0.4 is 11.1 Å². The van der Waals surface area contributed by atoms with Gasteiger partial charge in [-0.2, -0.15) is 0 Å². The summed E-state index contributed by atoms with van der Waals surface area (Å²) in [6.45, 7) is 0.631. The number of nitrogens with one attached hydrogen (secondary N) is 1. The Morgan fingerprint density at radius 3 is 2.42 bits per heavy atom. The van der Waals surface area contributed by atoms with E-state index in [2.05, 4.69) is 5.32 Å². The SMILES string of the molecule is CNC(=O)[C@H]1N(C(C)=O)[C@@H](CO)C[C@]12O[C@H](CN)[C@@H](O)[C@H](O)C2O. The van der Waals surface area contributed by atoms with Crippen molar-refractivity contribution in [1.29, 1.82) is 0 Å². The Labute approximate surface area is 139 Å². The fourth-order valence-corrected chi connectivity index (χ4v) is 3.80. The first kappa shape index (κ1) is 19.0. The molecule has 7 atom stereocenters. The van der Waals surface area contributed by atoms with E-state index in [0.717, 1.165) is 4.90 Å². The van der Waals surface area contributed by atoms with E-state index in [0.29, 0.717) is 0 Å². The van der Waals surface area contributed by atoms with E-state index in [9.17, 15) is 30.0 Å². The van der Waals surface area contributed by atoms with Crippen molar-refractivity contribution in [2.75, 3.05) is 20.2 Å². The molecule has 10 heteroatoms. The maximum absolute atomic E-state index is 12.4. The molecule has 2 amide bonds. The Bertz CT molecular complexity index is 503. The standard InChI is InChI=1S/C14H25N3O7/c1-6(19)17-7(5-18)3-14(11(17)13(23)16-2)12(22)10(21)9(20)8(4-15)24-14/h7-12,18,20-22H,3-5,15H2,1-2H3,(H,16,23)/t7-,8-,9-,10+,11-,12?,14+/m1/s1. The third-order valence-corrected chi connectivity index (χ3v) is 4.92. The van der Waals surface area contributed by atoms with Crippen molar-refractivity contribution < 1.29 is 34.8 Å². The summed E-state index contributed by atoms with van der Waals surface area (Å²) in [5.41, 5.74) is 3.88. The molecule has 0 radical (unpaired) electrons. The predicted molar refractivity (Wildman–Crippen MR) is 80.5 cm³/mol. The van der Waals surface area contributed by atoms with Gasteiger partial charge in [0.15, 0.2) is 0 Å². The van der Waals surface area contributed by atoms with Crippen molar-refractivity contribution in [3.05, 3.63) is 0 Å². The maximum Gasteiger partial charge on any atom is 0.245 e. The lowest BCUT2D eigenvalue weighted by molar-refractivity contribution is -0.269. The molecule has 1 spiro atoms. The maximum atomic E-state index is 12.4. The second-order valence-electron chi connectivity index (χ2n) is 6.26. The van der Waals surface area contributed by atoms with Gasteiger partial charge in [0.1, 0.15) is 30.0 Å². The highest BCUT2D eigenvalue weighted by Gasteiger charge is 2.66. The first-order valence-corrected chi connectivity index (χ1v) is 7.78. The van der Waals surface area contributed by atoms with E-state index in [-0.39, 0.29) is 13.0 Å². The number of aliphatic hydroxyl groups is 4. The summed E-state index contributed by atoms with van der Waals surface area (Å²) in [5, 5.41) is 42.8. The van der Waals surface area contributed by atoms with Gasteiger partial charge in [-0.3, -0.25) is 9.59 Å². The summed E-state index contributed by atoms with van der Waals surface area (Å²) in [6, 6.07) is -2.05. The van der Waals surface area contributed by atoms with Crippen LogP contribution in [0.5, 0.6) is 0 Å². The van der Waals surface area contributed by atoms with Crippen molar-refractivity contribution in [2.24, 2.45) is 5.73 Å². The lowest BCUT2D eigenvalue weighted by Crippen LogP contribution is -2.71. The van der Waals surface area contributed by atoms with Gasteiger partial charge >= 0.3 is 0 Å². The average Bonchev–Trinajstić information content (AvgIpc) is 2.91. The fourth-order valence-electron chi connectivity index (χ4n) is 3.80. The van der Waals surface area contributed by atoms with Gasteiger partial charge in [0.05, 0.1) is 18.8 Å². The molecule has 2 aliphatic heterocycles. The number of likely N-dealkylation sites (N-methyl/N-ethyl adjacent to an activating group) is 1. The van der Waals surface area contributed by atoms with Crippen LogP contribution in [0.1, 0.15) is 13.3 Å². The Kier molecular flexibility index (Phi) is 5.47. The van der Waals surface area contributed by atoms with Crippen LogP contribution in [0, 0.1) is 0 Å². The Morgan fingerprint density at radius 2 is 1.96 bits per heavy atom. The third-order valence-electron chi connectivity index (χ3n) is 4.92. The van der Waals surface area contributed by atoms with Crippen LogP contribution in [0.15, 0.2) is 0 Å². The smallest absolute Gasteiger partial charge is 0.245 e. The topological polar surface area (TPSA) is 166 Å². The minimum absolute atomic E-state index is 0.0807. The van der Waals surface area contributed by atoms with Crippen LogP contribution >= 0.6 is 0 Å². The molecule has 0 aromatic rings. The number of carbonyl (C=O) groups excluding carboxylic acids is 2. The van der Waals surface area contributed by atoms with Crippen molar-refractivity contribution in [3.8, 4) is 0 Å². The molecule has 7 N–H and O–H groups in total. The second kappa shape index (κ2) is 6.90. The number of aliphatic hydroxyl groups excluding tert-OH is 4. The van der Waals surface area contributed by atoms with E-state index in [1.807, 2.05) is 0 Å². The normalized spacial score (nSPS) is 42.4. The van der Waals surface area contributed by atoms with Gasteiger partial charge in [-0.15, -0.1) is 0 Å².